The van der Waals surface area contributed by atoms with Crippen molar-refractivity contribution in [2.24, 2.45) is 5.84 Å². The Morgan fingerprint density at radius 1 is 1.83 bits per heavy atom. The quantitative estimate of drug-likeness (QED) is 0.339. The monoisotopic (exact) mass is 169 g/mol. The van der Waals surface area contributed by atoms with E-state index in [0.29, 0.717) is 5.69 Å². The van der Waals surface area contributed by atoms with Gasteiger partial charge in [0.25, 0.3) is 0 Å². The molecule has 0 aliphatic rings. The van der Waals surface area contributed by atoms with E-state index < -0.39 is 0 Å². The summed E-state index contributed by atoms with van der Waals surface area (Å²) in [6, 6.07) is 0. The fourth-order valence-electron chi connectivity index (χ4n) is 0.790. The maximum atomic E-state index is 10.8. The predicted molar refractivity (Wildman–Crippen MR) is 41.7 cm³/mol. The average Bonchev–Trinajstić information content (AvgIpc) is 2.52. The second kappa shape index (κ2) is 3.82. The molecule has 3 N–H and O–H groups in total. The second-order valence-corrected chi connectivity index (χ2v) is 2.31. The molecule has 1 aromatic heterocycles. The molecule has 0 saturated carbocycles. The van der Waals surface area contributed by atoms with Gasteiger partial charge in [0.1, 0.15) is 0 Å². The topological polar surface area (TPSA) is 85.8 Å². The lowest BCUT2D eigenvalue weighted by Gasteiger charge is -1.93. The maximum Gasteiger partial charge on any atom is 0.240 e. The first-order valence-corrected chi connectivity index (χ1v) is 3.64. The van der Waals surface area contributed by atoms with E-state index in [-0.39, 0.29) is 12.3 Å². The first-order valence-electron chi connectivity index (χ1n) is 3.64. The van der Waals surface area contributed by atoms with Crippen LogP contribution in [0.5, 0.6) is 0 Å². The molecule has 1 rings (SSSR count). The van der Waals surface area contributed by atoms with Crippen molar-refractivity contribution in [3.05, 3.63) is 11.9 Å². The van der Waals surface area contributed by atoms with Crippen LogP contribution < -0.4 is 11.3 Å². The van der Waals surface area contributed by atoms with Crippen molar-refractivity contribution in [1.82, 2.24) is 20.4 Å². The number of rotatable bonds is 3. The molecule has 0 saturated heterocycles. The Kier molecular flexibility index (Phi) is 2.76. The van der Waals surface area contributed by atoms with E-state index in [2.05, 4.69) is 10.3 Å². The molecule has 0 bridgehead atoms. The van der Waals surface area contributed by atoms with Gasteiger partial charge in [-0.1, -0.05) is 5.21 Å². The summed E-state index contributed by atoms with van der Waals surface area (Å²) in [5, 5.41) is 7.54. The fraction of sp³-hybridized carbons (Fsp3) is 0.500. The number of nitrogens with zero attached hydrogens (tertiary/aromatic N) is 3. The van der Waals surface area contributed by atoms with Crippen molar-refractivity contribution in [3.63, 3.8) is 0 Å². The molecule has 6 heteroatoms. The zero-order chi connectivity index (χ0) is 8.97. The third-order valence-corrected chi connectivity index (χ3v) is 1.41. The number of aryl methyl sites for hydroxylation is 1. The summed E-state index contributed by atoms with van der Waals surface area (Å²) in [5.41, 5.74) is 2.65. The highest BCUT2D eigenvalue weighted by Crippen LogP contribution is 1.93. The van der Waals surface area contributed by atoms with Crippen molar-refractivity contribution in [1.29, 1.82) is 0 Å². The van der Waals surface area contributed by atoms with E-state index in [1.165, 1.54) is 0 Å². The van der Waals surface area contributed by atoms with Crippen LogP contribution in [-0.2, 0) is 17.8 Å². The minimum absolute atomic E-state index is 0.177. The fourth-order valence-corrected chi connectivity index (χ4v) is 0.790. The van der Waals surface area contributed by atoms with Gasteiger partial charge in [-0.05, 0) is 6.92 Å². The van der Waals surface area contributed by atoms with Crippen LogP contribution >= 0.6 is 0 Å². The van der Waals surface area contributed by atoms with Gasteiger partial charge in [0.2, 0.25) is 5.91 Å². The van der Waals surface area contributed by atoms with Gasteiger partial charge >= 0.3 is 0 Å². The summed E-state index contributed by atoms with van der Waals surface area (Å²) in [4.78, 5) is 10.8. The van der Waals surface area contributed by atoms with Crippen LogP contribution in [0.4, 0.5) is 0 Å². The van der Waals surface area contributed by atoms with Crippen molar-refractivity contribution in [3.8, 4) is 0 Å². The lowest BCUT2D eigenvalue weighted by Crippen LogP contribution is -2.31. The van der Waals surface area contributed by atoms with E-state index in [9.17, 15) is 4.79 Å². The Bertz CT molecular complexity index is 269. The number of hydrogen-bond acceptors (Lipinski definition) is 4. The van der Waals surface area contributed by atoms with Crippen LogP contribution in [0, 0.1) is 0 Å². The standard InChI is InChI=1S/C6H11N5O/c1-2-11-4-5(9-10-11)3-6(12)8-7/h4H,2-3,7H2,1H3,(H,8,12). The normalized spacial score (nSPS) is 9.83. The second-order valence-electron chi connectivity index (χ2n) is 2.31. The summed E-state index contributed by atoms with van der Waals surface area (Å²) in [6.45, 7) is 2.69. The Labute approximate surface area is 69.7 Å². The van der Waals surface area contributed by atoms with E-state index in [4.69, 9.17) is 5.84 Å². The minimum Gasteiger partial charge on any atom is -0.294 e. The zero-order valence-corrected chi connectivity index (χ0v) is 6.82. The number of carbonyl (C=O) groups excluding carboxylic acids is 1. The molecule has 1 heterocycles. The van der Waals surface area contributed by atoms with Crippen LogP contribution in [0.25, 0.3) is 0 Å². The Balaban J connectivity index is 2.58. The number of carbonyl (C=O) groups is 1. The van der Waals surface area contributed by atoms with Crippen molar-refractivity contribution in [2.75, 3.05) is 0 Å². The van der Waals surface area contributed by atoms with Crippen LogP contribution in [0.2, 0.25) is 0 Å². The first-order chi connectivity index (χ1) is 5.76. The zero-order valence-electron chi connectivity index (χ0n) is 6.82. The maximum absolute atomic E-state index is 10.8. The minimum atomic E-state index is -0.266. The molecule has 0 aliphatic carbocycles. The molecule has 66 valence electrons. The van der Waals surface area contributed by atoms with Gasteiger partial charge < -0.3 is 0 Å². The SMILES string of the molecule is CCn1cc(CC(=O)NN)nn1. The van der Waals surface area contributed by atoms with Crippen molar-refractivity contribution < 1.29 is 4.79 Å². The van der Waals surface area contributed by atoms with Crippen molar-refractivity contribution >= 4 is 5.91 Å². The molecule has 1 aromatic rings. The number of nitrogens with two attached hydrogens (primary N) is 1. The van der Waals surface area contributed by atoms with Crippen LogP contribution in [0.3, 0.4) is 0 Å². The third kappa shape index (κ3) is 2.03. The van der Waals surface area contributed by atoms with Crippen LogP contribution in [0.15, 0.2) is 6.20 Å². The molecule has 12 heavy (non-hydrogen) atoms. The molecule has 1 amide bonds. The lowest BCUT2D eigenvalue weighted by atomic mass is 10.3. The van der Waals surface area contributed by atoms with E-state index in [0.717, 1.165) is 6.54 Å². The number of amides is 1. The molecule has 0 atom stereocenters. The predicted octanol–water partition coefficient (Wildman–Crippen LogP) is -1.17. The van der Waals surface area contributed by atoms with E-state index >= 15 is 0 Å². The van der Waals surface area contributed by atoms with Gasteiger partial charge in [0.15, 0.2) is 0 Å². The molecule has 0 fully saturated rings. The molecule has 0 aliphatic heterocycles. The highest BCUT2D eigenvalue weighted by Gasteiger charge is 2.04. The smallest absolute Gasteiger partial charge is 0.240 e. The molecule has 0 spiro atoms. The van der Waals surface area contributed by atoms with Crippen LogP contribution in [-0.4, -0.2) is 20.9 Å². The van der Waals surface area contributed by atoms with Gasteiger partial charge in [-0.2, -0.15) is 0 Å². The first kappa shape index (κ1) is 8.66. The lowest BCUT2D eigenvalue weighted by molar-refractivity contribution is -0.120. The largest absolute Gasteiger partial charge is 0.294 e. The van der Waals surface area contributed by atoms with Crippen molar-refractivity contribution in [2.45, 2.75) is 19.9 Å². The summed E-state index contributed by atoms with van der Waals surface area (Å²) < 4.78 is 1.65. The Morgan fingerprint density at radius 3 is 3.08 bits per heavy atom. The van der Waals surface area contributed by atoms with Gasteiger partial charge in [0.05, 0.1) is 12.1 Å². The summed E-state index contributed by atoms with van der Waals surface area (Å²) in [7, 11) is 0. The number of hydrogen-bond donors (Lipinski definition) is 2. The molecular weight excluding hydrogens is 158 g/mol. The molecule has 0 aromatic carbocycles. The summed E-state index contributed by atoms with van der Waals surface area (Å²) >= 11 is 0. The third-order valence-electron chi connectivity index (χ3n) is 1.41. The van der Waals surface area contributed by atoms with E-state index in [1.54, 1.807) is 10.9 Å². The number of nitrogens with one attached hydrogen (secondary N) is 1. The molecule has 0 radical (unpaired) electrons. The van der Waals surface area contributed by atoms with Gasteiger partial charge in [-0.15, -0.1) is 5.10 Å². The van der Waals surface area contributed by atoms with E-state index in [1.807, 2.05) is 12.3 Å². The molecular formula is C6H11N5O. The number of aromatic nitrogens is 3. The Morgan fingerprint density at radius 2 is 2.58 bits per heavy atom. The average molecular weight is 169 g/mol. The Hall–Kier alpha value is -1.43. The van der Waals surface area contributed by atoms with Gasteiger partial charge in [-0.3, -0.25) is 14.9 Å². The number of hydrazine groups is 1. The molecule has 0 unspecified atom stereocenters. The summed E-state index contributed by atoms with van der Waals surface area (Å²) in [5.74, 6) is 4.64. The van der Waals surface area contributed by atoms with Gasteiger partial charge in [-0.25, -0.2) is 5.84 Å². The van der Waals surface area contributed by atoms with Crippen LogP contribution in [0.1, 0.15) is 12.6 Å². The van der Waals surface area contributed by atoms with Gasteiger partial charge in [0, 0.05) is 12.7 Å². The highest BCUT2D eigenvalue weighted by molar-refractivity contribution is 5.77. The summed E-state index contributed by atoms with van der Waals surface area (Å²) in [6.07, 6.45) is 1.89. The molecule has 6 nitrogen and oxygen atoms in total. The highest BCUT2D eigenvalue weighted by atomic mass is 16.2.